The molecule has 0 fully saturated rings. The molecule has 4 aromatic carbocycles. The van der Waals surface area contributed by atoms with E-state index >= 15 is 0 Å². The smallest absolute Gasteiger partial charge is 0.119 e. The largest absolute Gasteiger partial charge is 0.497 e. The number of benzene rings is 4. The Bertz CT molecular complexity index is 1170. The molecule has 0 saturated heterocycles. The average Bonchev–Trinajstić information content (AvgIpc) is 3.26. The summed E-state index contributed by atoms with van der Waals surface area (Å²) in [6.45, 7) is 0.727. The van der Waals surface area contributed by atoms with Crippen LogP contribution in [-0.2, 0) is 0 Å². The minimum Gasteiger partial charge on any atom is -0.497 e. The molecule has 3 nitrogen and oxygen atoms in total. The SMILES string of the molecule is COc1ccc(N2CN(c3ccccc3)C(c3ccccc3)=C2c2ccccc2)cc1. The van der Waals surface area contributed by atoms with Crippen molar-refractivity contribution in [3.05, 3.63) is 126 Å². The van der Waals surface area contributed by atoms with Crippen LogP contribution in [0.25, 0.3) is 11.4 Å². The van der Waals surface area contributed by atoms with Gasteiger partial charge < -0.3 is 14.5 Å². The van der Waals surface area contributed by atoms with Gasteiger partial charge >= 0.3 is 0 Å². The zero-order valence-electron chi connectivity index (χ0n) is 17.5. The van der Waals surface area contributed by atoms with E-state index in [2.05, 4.69) is 113 Å². The maximum atomic E-state index is 5.38. The lowest BCUT2D eigenvalue weighted by molar-refractivity contribution is 0.415. The monoisotopic (exact) mass is 404 g/mol. The molecule has 0 amide bonds. The van der Waals surface area contributed by atoms with E-state index in [-0.39, 0.29) is 0 Å². The molecule has 0 unspecified atom stereocenters. The van der Waals surface area contributed by atoms with E-state index in [9.17, 15) is 0 Å². The third-order valence-electron chi connectivity index (χ3n) is 5.59. The van der Waals surface area contributed by atoms with Crippen molar-refractivity contribution in [1.29, 1.82) is 0 Å². The second-order valence-corrected chi connectivity index (χ2v) is 7.46. The van der Waals surface area contributed by atoms with Crippen LogP contribution < -0.4 is 14.5 Å². The van der Waals surface area contributed by atoms with Gasteiger partial charge in [-0.25, -0.2) is 0 Å². The number of methoxy groups -OCH3 is 1. The molecule has 0 atom stereocenters. The number of hydrogen-bond donors (Lipinski definition) is 0. The molecule has 0 spiro atoms. The Kier molecular flexibility index (Phi) is 5.16. The molecule has 5 rings (SSSR count). The van der Waals surface area contributed by atoms with Crippen LogP contribution in [-0.4, -0.2) is 13.8 Å². The van der Waals surface area contributed by atoms with Gasteiger partial charge in [0, 0.05) is 22.5 Å². The second kappa shape index (κ2) is 8.41. The molecule has 0 aromatic heterocycles. The molecule has 1 heterocycles. The predicted octanol–water partition coefficient (Wildman–Crippen LogP) is 6.51. The lowest BCUT2D eigenvalue weighted by atomic mass is 10.0. The fourth-order valence-corrected chi connectivity index (χ4v) is 4.11. The highest BCUT2D eigenvalue weighted by molar-refractivity contribution is 6.05. The van der Waals surface area contributed by atoms with Gasteiger partial charge in [-0.05, 0) is 36.4 Å². The number of anilines is 2. The molecule has 0 bridgehead atoms. The van der Waals surface area contributed by atoms with Gasteiger partial charge in [0.1, 0.15) is 12.4 Å². The van der Waals surface area contributed by atoms with Gasteiger partial charge in [0.05, 0.1) is 18.5 Å². The highest BCUT2D eigenvalue weighted by Gasteiger charge is 2.32. The number of nitrogens with zero attached hydrogens (tertiary/aromatic N) is 2. The maximum Gasteiger partial charge on any atom is 0.119 e. The molecule has 152 valence electrons. The van der Waals surface area contributed by atoms with E-state index in [1.165, 1.54) is 28.2 Å². The summed E-state index contributed by atoms with van der Waals surface area (Å²) in [4.78, 5) is 4.77. The Morgan fingerprint density at radius 3 is 1.39 bits per heavy atom. The average molecular weight is 405 g/mol. The van der Waals surface area contributed by atoms with Crippen molar-refractivity contribution in [2.45, 2.75) is 0 Å². The molecule has 0 radical (unpaired) electrons. The second-order valence-electron chi connectivity index (χ2n) is 7.46. The van der Waals surface area contributed by atoms with Crippen LogP contribution in [0.4, 0.5) is 11.4 Å². The summed E-state index contributed by atoms with van der Waals surface area (Å²) in [7, 11) is 1.70. The quantitative estimate of drug-likeness (QED) is 0.377. The zero-order valence-corrected chi connectivity index (χ0v) is 17.5. The minimum absolute atomic E-state index is 0.727. The van der Waals surface area contributed by atoms with Crippen molar-refractivity contribution in [2.75, 3.05) is 23.6 Å². The number of para-hydroxylation sites is 1. The molecular formula is C28H24N2O. The molecule has 4 aromatic rings. The van der Waals surface area contributed by atoms with Crippen LogP contribution in [0.5, 0.6) is 5.75 Å². The summed E-state index contributed by atoms with van der Waals surface area (Å²) >= 11 is 0. The van der Waals surface area contributed by atoms with E-state index in [1.54, 1.807) is 7.11 Å². The van der Waals surface area contributed by atoms with Crippen molar-refractivity contribution >= 4 is 22.8 Å². The summed E-state index contributed by atoms with van der Waals surface area (Å²) in [6.07, 6.45) is 0. The summed E-state index contributed by atoms with van der Waals surface area (Å²) in [5, 5.41) is 0. The first-order chi connectivity index (χ1) is 15.3. The maximum absolute atomic E-state index is 5.38. The number of rotatable bonds is 5. The normalized spacial score (nSPS) is 13.6. The molecule has 0 saturated carbocycles. The van der Waals surface area contributed by atoms with E-state index in [0.717, 1.165) is 18.1 Å². The molecule has 1 aliphatic heterocycles. The first-order valence-electron chi connectivity index (χ1n) is 10.4. The first-order valence-corrected chi connectivity index (χ1v) is 10.4. The highest BCUT2D eigenvalue weighted by Crippen LogP contribution is 2.43. The summed E-state index contributed by atoms with van der Waals surface area (Å²) in [6, 6.07) is 40.1. The van der Waals surface area contributed by atoms with Crippen molar-refractivity contribution < 1.29 is 4.74 Å². The van der Waals surface area contributed by atoms with Crippen LogP contribution in [0.1, 0.15) is 11.1 Å². The Morgan fingerprint density at radius 1 is 0.516 bits per heavy atom. The standard InChI is InChI=1S/C28H24N2O/c1-31-26-19-17-25(18-20-26)30-21-29(24-15-9-4-10-16-24)27(22-11-5-2-6-12-22)28(30)23-13-7-3-8-14-23/h2-20H,21H2,1H3. The topological polar surface area (TPSA) is 15.7 Å². The Balaban J connectivity index is 1.74. The Morgan fingerprint density at radius 2 is 0.935 bits per heavy atom. The van der Waals surface area contributed by atoms with E-state index in [1.807, 2.05) is 12.1 Å². The van der Waals surface area contributed by atoms with E-state index < -0.39 is 0 Å². The van der Waals surface area contributed by atoms with Crippen LogP contribution in [0.2, 0.25) is 0 Å². The van der Waals surface area contributed by atoms with Crippen LogP contribution in [0.3, 0.4) is 0 Å². The lowest BCUT2D eigenvalue weighted by Gasteiger charge is -2.25. The summed E-state index contributed by atoms with van der Waals surface area (Å²) in [5.41, 5.74) is 7.09. The van der Waals surface area contributed by atoms with Gasteiger partial charge in [0.15, 0.2) is 0 Å². The van der Waals surface area contributed by atoms with Gasteiger partial charge in [-0.15, -0.1) is 0 Å². The van der Waals surface area contributed by atoms with Gasteiger partial charge in [-0.3, -0.25) is 0 Å². The third kappa shape index (κ3) is 3.66. The van der Waals surface area contributed by atoms with Gasteiger partial charge in [-0.1, -0.05) is 78.9 Å². The molecule has 31 heavy (non-hydrogen) atoms. The Labute approximate surface area is 183 Å². The van der Waals surface area contributed by atoms with Gasteiger partial charge in [0.2, 0.25) is 0 Å². The number of ether oxygens (including phenoxy) is 1. The predicted molar refractivity (Wildman–Crippen MR) is 129 cm³/mol. The van der Waals surface area contributed by atoms with Crippen LogP contribution >= 0.6 is 0 Å². The van der Waals surface area contributed by atoms with E-state index in [4.69, 9.17) is 4.74 Å². The van der Waals surface area contributed by atoms with E-state index in [0.29, 0.717) is 0 Å². The lowest BCUT2D eigenvalue weighted by Crippen LogP contribution is -2.27. The third-order valence-corrected chi connectivity index (χ3v) is 5.59. The minimum atomic E-state index is 0.727. The zero-order chi connectivity index (χ0) is 21.0. The molecular weight excluding hydrogens is 380 g/mol. The van der Waals surface area contributed by atoms with Crippen LogP contribution in [0.15, 0.2) is 115 Å². The van der Waals surface area contributed by atoms with Crippen molar-refractivity contribution in [1.82, 2.24) is 0 Å². The summed E-state index contributed by atoms with van der Waals surface area (Å²) in [5.74, 6) is 0.858. The van der Waals surface area contributed by atoms with Crippen molar-refractivity contribution in [3.8, 4) is 5.75 Å². The van der Waals surface area contributed by atoms with Crippen LogP contribution in [0, 0.1) is 0 Å². The van der Waals surface area contributed by atoms with Crippen molar-refractivity contribution in [3.63, 3.8) is 0 Å². The molecule has 0 N–H and O–H groups in total. The fraction of sp³-hybridized carbons (Fsp3) is 0.0714. The fourth-order valence-electron chi connectivity index (χ4n) is 4.11. The van der Waals surface area contributed by atoms with Crippen molar-refractivity contribution in [2.24, 2.45) is 0 Å². The van der Waals surface area contributed by atoms with Gasteiger partial charge in [0.25, 0.3) is 0 Å². The molecule has 3 heteroatoms. The first kappa shape index (κ1) is 19.0. The van der Waals surface area contributed by atoms with Gasteiger partial charge in [-0.2, -0.15) is 0 Å². The summed E-state index contributed by atoms with van der Waals surface area (Å²) < 4.78 is 5.38. The molecule has 0 aliphatic carbocycles. The number of hydrogen-bond acceptors (Lipinski definition) is 3. The highest BCUT2D eigenvalue weighted by atomic mass is 16.5. The Hall–Kier alpha value is -3.98. The molecule has 1 aliphatic rings.